The summed E-state index contributed by atoms with van der Waals surface area (Å²) in [4.78, 5) is 12.0. The van der Waals surface area contributed by atoms with Gasteiger partial charge in [-0.25, -0.2) is 4.39 Å². The predicted molar refractivity (Wildman–Crippen MR) is 49.0 cm³/mol. The lowest BCUT2D eigenvalue weighted by Crippen LogP contribution is -2.48. The topological polar surface area (TPSA) is 74.7 Å². The zero-order valence-corrected chi connectivity index (χ0v) is 9.14. The van der Waals surface area contributed by atoms with Crippen molar-refractivity contribution in [2.75, 3.05) is 14.1 Å². The molecule has 14 heavy (non-hydrogen) atoms. The molecule has 1 atom stereocenters. The van der Waals surface area contributed by atoms with Gasteiger partial charge in [0, 0.05) is 20.5 Å². The Kier molecular flexibility index (Phi) is 4.01. The first-order valence-electron chi connectivity index (χ1n) is 4.04. The van der Waals surface area contributed by atoms with Gasteiger partial charge in [0.15, 0.2) is 0 Å². The van der Waals surface area contributed by atoms with Crippen molar-refractivity contribution in [3.63, 3.8) is 0 Å². The van der Waals surface area contributed by atoms with Gasteiger partial charge in [-0.3, -0.25) is 9.35 Å². The molecule has 7 heteroatoms. The molecule has 1 unspecified atom stereocenters. The van der Waals surface area contributed by atoms with Crippen molar-refractivity contribution in [1.82, 2.24) is 4.90 Å². The van der Waals surface area contributed by atoms with Gasteiger partial charge < -0.3 is 4.90 Å². The van der Waals surface area contributed by atoms with Crippen LogP contribution in [0.2, 0.25) is 0 Å². The van der Waals surface area contributed by atoms with E-state index in [1.54, 1.807) is 0 Å². The molecule has 0 saturated carbocycles. The number of nitrogens with zero attached hydrogens (tertiary/aromatic N) is 1. The molecule has 0 rings (SSSR count). The fourth-order valence-electron chi connectivity index (χ4n) is 1.00. The molecule has 0 aliphatic heterocycles. The van der Waals surface area contributed by atoms with Gasteiger partial charge in [0.25, 0.3) is 5.91 Å². The number of rotatable bonds is 4. The highest BCUT2D eigenvalue weighted by atomic mass is 32.2. The molecule has 0 aliphatic carbocycles. The lowest BCUT2D eigenvalue weighted by molar-refractivity contribution is -0.136. The fourth-order valence-corrected chi connectivity index (χ4v) is 1.87. The molecule has 5 nitrogen and oxygen atoms in total. The maximum Gasteiger partial charge on any atom is 0.312 e. The van der Waals surface area contributed by atoms with Crippen LogP contribution in [-0.2, 0) is 14.9 Å². The van der Waals surface area contributed by atoms with Crippen molar-refractivity contribution < 1.29 is 22.2 Å². The quantitative estimate of drug-likeness (QED) is 0.707. The van der Waals surface area contributed by atoms with Crippen LogP contribution in [0.4, 0.5) is 4.39 Å². The molecule has 0 heterocycles. The molecule has 84 valence electrons. The Labute approximate surface area is 82.6 Å². The smallest absolute Gasteiger partial charge is 0.312 e. The second-order valence-electron chi connectivity index (χ2n) is 3.15. The van der Waals surface area contributed by atoms with E-state index in [2.05, 4.69) is 0 Å². The summed E-state index contributed by atoms with van der Waals surface area (Å²) in [6.45, 7) is 1.52. The third-order valence-electron chi connectivity index (χ3n) is 1.71. The van der Waals surface area contributed by atoms with Crippen LogP contribution in [-0.4, -0.2) is 42.9 Å². The second-order valence-corrected chi connectivity index (χ2v) is 4.75. The molecule has 0 spiro atoms. The molecule has 1 amide bonds. The Morgan fingerprint density at radius 1 is 1.50 bits per heavy atom. The van der Waals surface area contributed by atoms with Gasteiger partial charge in [0.1, 0.15) is 0 Å². The van der Waals surface area contributed by atoms with Gasteiger partial charge in [-0.1, -0.05) is 13.3 Å². The van der Waals surface area contributed by atoms with E-state index in [1.807, 2.05) is 0 Å². The van der Waals surface area contributed by atoms with Crippen LogP contribution in [0.15, 0.2) is 0 Å². The van der Waals surface area contributed by atoms with E-state index in [9.17, 15) is 17.6 Å². The number of halogens is 1. The summed E-state index contributed by atoms with van der Waals surface area (Å²) >= 11 is 0. The van der Waals surface area contributed by atoms with Crippen LogP contribution in [0.25, 0.3) is 0 Å². The summed E-state index contributed by atoms with van der Waals surface area (Å²) in [5.41, 5.74) is 0. The highest BCUT2D eigenvalue weighted by molar-refractivity contribution is 7.87. The van der Waals surface area contributed by atoms with Crippen molar-refractivity contribution in [3.8, 4) is 0 Å². The first kappa shape index (κ1) is 13.3. The number of hydrogen-bond acceptors (Lipinski definition) is 3. The molecule has 0 radical (unpaired) electrons. The molecule has 0 bridgehead atoms. The molecule has 0 aliphatic rings. The van der Waals surface area contributed by atoms with Gasteiger partial charge in [-0.2, -0.15) is 8.42 Å². The van der Waals surface area contributed by atoms with Gasteiger partial charge in [0.2, 0.25) is 0 Å². The second kappa shape index (κ2) is 4.22. The van der Waals surface area contributed by atoms with Crippen LogP contribution in [0.3, 0.4) is 0 Å². The van der Waals surface area contributed by atoms with Crippen LogP contribution in [0.5, 0.6) is 0 Å². The fraction of sp³-hybridized carbons (Fsp3) is 0.857. The van der Waals surface area contributed by atoms with Crippen LogP contribution in [0, 0.1) is 0 Å². The average Bonchev–Trinajstić information content (AvgIpc) is 2.01. The Balaban J connectivity index is 5.22. The Morgan fingerprint density at radius 3 is 2.14 bits per heavy atom. The average molecular weight is 227 g/mol. The molecule has 1 N–H and O–H groups in total. The molecule has 0 fully saturated rings. The largest absolute Gasteiger partial charge is 0.345 e. The molecule has 0 aromatic heterocycles. The lowest BCUT2D eigenvalue weighted by atomic mass is 10.2. The van der Waals surface area contributed by atoms with Crippen LogP contribution in [0.1, 0.15) is 19.8 Å². The highest BCUT2D eigenvalue weighted by Crippen LogP contribution is 2.26. The minimum atomic E-state index is -5.03. The minimum Gasteiger partial charge on any atom is -0.345 e. The van der Waals surface area contributed by atoms with Gasteiger partial charge in [0.05, 0.1) is 0 Å². The maximum atomic E-state index is 13.7. The van der Waals surface area contributed by atoms with E-state index in [4.69, 9.17) is 4.55 Å². The number of hydrogen-bond donors (Lipinski definition) is 1. The van der Waals surface area contributed by atoms with E-state index >= 15 is 0 Å². The van der Waals surface area contributed by atoms with E-state index in [0.717, 1.165) is 4.90 Å². The summed E-state index contributed by atoms with van der Waals surface area (Å²) < 4.78 is 43.8. The molecular weight excluding hydrogens is 213 g/mol. The third-order valence-corrected chi connectivity index (χ3v) is 2.90. The summed E-state index contributed by atoms with van der Waals surface area (Å²) in [5, 5.41) is -3.22. The summed E-state index contributed by atoms with van der Waals surface area (Å²) in [6, 6.07) is 0. The lowest BCUT2D eigenvalue weighted by Gasteiger charge is -2.23. The number of carbonyl (C=O) groups is 1. The first-order chi connectivity index (χ1) is 6.16. The van der Waals surface area contributed by atoms with E-state index in [0.29, 0.717) is 0 Å². The monoisotopic (exact) mass is 227 g/mol. The summed E-state index contributed by atoms with van der Waals surface area (Å²) in [7, 11) is -2.59. The summed E-state index contributed by atoms with van der Waals surface area (Å²) in [6.07, 6.45) is -0.418. The highest BCUT2D eigenvalue weighted by Gasteiger charge is 2.51. The Bertz CT molecular complexity index is 314. The van der Waals surface area contributed by atoms with Gasteiger partial charge in [-0.15, -0.1) is 0 Å². The number of alkyl halides is 1. The Hall–Kier alpha value is -0.690. The van der Waals surface area contributed by atoms with Crippen molar-refractivity contribution in [2.45, 2.75) is 24.8 Å². The van der Waals surface area contributed by atoms with Crippen molar-refractivity contribution in [1.29, 1.82) is 0 Å². The standard InChI is InChI=1S/C7H14FNO4S/c1-4-5-7(8,14(11,12)13)6(10)9(2)3/h4-5H2,1-3H3,(H,11,12,13). The van der Waals surface area contributed by atoms with E-state index < -0.39 is 27.4 Å². The first-order valence-corrected chi connectivity index (χ1v) is 5.48. The maximum absolute atomic E-state index is 13.7. The number of carbonyl (C=O) groups excluding carboxylic acids is 1. The minimum absolute atomic E-state index is 0.135. The zero-order valence-electron chi connectivity index (χ0n) is 8.32. The predicted octanol–water partition coefficient (Wildman–Crippen LogP) is 0.428. The molecule has 0 aromatic rings. The molecular formula is C7H14FNO4S. The zero-order chi connectivity index (χ0) is 11.6. The van der Waals surface area contributed by atoms with Gasteiger partial charge in [-0.05, 0) is 0 Å². The van der Waals surface area contributed by atoms with Crippen molar-refractivity contribution >= 4 is 16.0 Å². The van der Waals surface area contributed by atoms with Crippen LogP contribution < -0.4 is 0 Å². The molecule has 0 aromatic carbocycles. The van der Waals surface area contributed by atoms with Gasteiger partial charge >= 0.3 is 15.1 Å². The van der Waals surface area contributed by atoms with E-state index in [-0.39, 0.29) is 6.42 Å². The normalized spacial score (nSPS) is 16.1. The summed E-state index contributed by atoms with van der Waals surface area (Å²) in [5.74, 6) is -1.26. The van der Waals surface area contributed by atoms with E-state index in [1.165, 1.54) is 21.0 Å². The van der Waals surface area contributed by atoms with Crippen molar-refractivity contribution in [2.24, 2.45) is 0 Å². The third kappa shape index (κ3) is 2.42. The van der Waals surface area contributed by atoms with Crippen LogP contribution >= 0.6 is 0 Å². The van der Waals surface area contributed by atoms with Crippen molar-refractivity contribution in [3.05, 3.63) is 0 Å². The number of amides is 1. The SMILES string of the molecule is CCCC(F)(C(=O)N(C)C)S(=O)(=O)O. The molecule has 0 saturated heterocycles. The Morgan fingerprint density at radius 2 is 1.93 bits per heavy atom.